The summed E-state index contributed by atoms with van der Waals surface area (Å²) >= 11 is 0.790. The number of aromatic nitrogens is 1. The van der Waals surface area contributed by atoms with Crippen molar-refractivity contribution >= 4 is 37.7 Å². The minimum atomic E-state index is -3.87. The van der Waals surface area contributed by atoms with Crippen molar-refractivity contribution in [2.75, 3.05) is 17.1 Å². The van der Waals surface area contributed by atoms with Gasteiger partial charge in [0, 0.05) is 19.3 Å². The number of hydrogen-bond donors (Lipinski definition) is 2. The molecule has 0 aliphatic rings. The van der Waals surface area contributed by atoms with E-state index in [-0.39, 0.29) is 20.6 Å². The van der Waals surface area contributed by atoms with Gasteiger partial charge in [-0.15, -0.1) is 0 Å². The highest BCUT2D eigenvalue weighted by Gasteiger charge is 2.25. The van der Waals surface area contributed by atoms with Gasteiger partial charge in [-0.2, -0.15) is 0 Å². The van der Waals surface area contributed by atoms with Crippen molar-refractivity contribution in [3.05, 3.63) is 40.7 Å². The monoisotopic (exact) mass is 314 g/mol. The predicted octanol–water partition coefficient (Wildman–Crippen LogP) is 1.89. The van der Waals surface area contributed by atoms with Gasteiger partial charge >= 0.3 is 5.69 Å². The zero-order valence-corrected chi connectivity index (χ0v) is 11.9. The van der Waals surface area contributed by atoms with Gasteiger partial charge in [0.15, 0.2) is 5.00 Å². The number of sulfonamides is 1. The highest BCUT2D eigenvalue weighted by Crippen LogP contribution is 2.37. The SMILES string of the molecule is CNc1sc(S(=O)(=O)Nc2cccnc2)cc1[N+](=O)[O-]. The third-order valence-corrected chi connectivity index (χ3v) is 5.29. The summed E-state index contributed by atoms with van der Waals surface area (Å²) in [5.74, 6) is 0. The van der Waals surface area contributed by atoms with Gasteiger partial charge in [-0.25, -0.2) is 8.42 Å². The van der Waals surface area contributed by atoms with Gasteiger partial charge in [0.05, 0.1) is 16.8 Å². The molecular formula is C10H10N4O4S2. The van der Waals surface area contributed by atoms with Crippen LogP contribution in [0.2, 0.25) is 0 Å². The molecule has 0 aromatic carbocycles. The van der Waals surface area contributed by atoms with E-state index in [1.54, 1.807) is 6.07 Å². The first-order valence-corrected chi connectivity index (χ1v) is 7.63. The lowest BCUT2D eigenvalue weighted by molar-refractivity contribution is -0.383. The maximum absolute atomic E-state index is 12.1. The summed E-state index contributed by atoms with van der Waals surface area (Å²) in [6.07, 6.45) is 2.85. The summed E-state index contributed by atoms with van der Waals surface area (Å²) in [5.41, 5.74) is 0.0126. The average Bonchev–Trinajstić information content (AvgIpc) is 2.84. The van der Waals surface area contributed by atoms with Crippen LogP contribution in [0.4, 0.5) is 16.4 Å². The summed E-state index contributed by atoms with van der Waals surface area (Å²) in [6, 6.07) is 4.13. The van der Waals surface area contributed by atoms with E-state index in [0.29, 0.717) is 0 Å². The molecule has 2 aromatic rings. The standard InChI is InChI=1S/C10H10N4O4S2/c1-11-10-8(14(15)16)5-9(19-10)20(17,18)13-7-3-2-4-12-6-7/h2-6,11,13H,1H3. The van der Waals surface area contributed by atoms with Gasteiger partial charge in [0.1, 0.15) is 4.21 Å². The minimum Gasteiger partial charge on any atom is -0.374 e. The maximum atomic E-state index is 12.1. The fourth-order valence-electron chi connectivity index (χ4n) is 1.44. The zero-order chi connectivity index (χ0) is 14.8. The van der Waals surface area contributed by atoms with E-state index < -0.39 is 14.9 Å². The molecule has 10 heteroatoms. The first kappa shape index (κ1) is 14.2. The van der Waals surface area contributed by atoms with Crippen molar-refractivity contribution in [1.29, 1.82) is 0 Å². The first-order chi connectivity index (χ1) is 9.44. The Bertz CT molecular complexity index is 727. The molecule has 0 spiro atoms. The van der Waals surface area contributed by atoms with Crippen LogP contribution in [0.5, 0.6) is 0 Å². The Balaban J connectivity index is 2.37. The van der Waals surface area contributed by atoms with E-state index in [0.717, 1.165) is 17.4 Å². The number of rotatable bonds is 5. The van der Waals surface area contributed by atoms with Crippen LogP contribution >= 0.6 is 11.3 Å². The highest BCUT2D eigenvalue weighted by molar-refractivity contribution is 7.94. The minimum absolute atomic E-state index is 0.141. The van der Waals surface area contributed by atoms with E-state index in [1.807, 2.05) is 0 Å². The normalized spacial score (nSPS) is 11.1. The zero-order valence-electron chi connectivity index (χ0n) is 10.2. The van der Waals surface area contributed by atoms with Crippen molar-refractivity contribution < 1.29 is 13.3 Å². The topological polar surface area (TPSA) is 114 Å². The van der Waals surface area contributed by atoms with Crippen LogP contribution in [-0.4, -0.2) is 25.4 Å². The molecule has 2 N–H and O–H groups in total. The van der Waals surface area contributed by atoms with E-state index in [4.69, 9.17) is 0 Å². The van der Waals surface area contributed by atoms with E-state index in [2.05, 4.69) is 15.0 Å². The van der Waals surface area contributed by atoms with Crippen molar-refractivity contribution in [2.24, 2.45) is 0 Å². The molecule has 106 valence electrons. The Morgan fingerprint density at radius 2 is 2.20 bits per heavy atom. The quantitative estimate of drug-likeness (QED) is 0.643. The lowest BCUT2D eigenvalue weighted by Gasteiger charge is -2.04. The molecule has 0 radical (unpaired) electrons. The predicted molar refractivity (Wildman–Crippen MR) is 75.6 cm³/mol. The second-order valence-corrected chi connectivity index (χ2v) is 6.60. The molecule has 0 unspecified atom stereocenters. The molecule has 8 nitrogen and oxygen atoms in total. The number of thiophene rings is 1. The largest absolute Gasteiger partial charge is 0.374 e. The molecule has 2 rings (SSSR count). The molecule has 0 amide bonds. The van der Waals surface area contributed by atoms with Crippen LogP contribution in [0, 0.1) is 10.1 Å². The first-order valence-electron chi connectivity index (χ1n) is 5.33. The summed E-state index contributed by atoms with van der Waals surface area (Å²) < 4.78 is 26.4. The van der Waals surface area contributed by atoms with E-state index in [9.17, 15) is 18.5 Å². The third kappa shape index (κ3) is 2.86. The van der Waals surface area contributed by atoms with Gasteiger partial charge in [-0.1, -0.05) is 11.3 Å². The van der Waals surface area contributed by atoms with Crippen molar-refractivity contribution in [3.63, 3.8) is 0 Å². The van der Waals surface area contributed by atoms with Crippen LogP contribution in [0.3, 0.4) is 0 Å². The molecule has 0 aliphatic carbocycles. The van der Waals surface area contributed by atoms with Crippen LogP contribution in [0.25, 0.3) is 0 Å². The lowest BCUT2D eigenvalue weighted by Crippen LogP contribution is -2.11. The Morgan fingerprint density at radius 3 is 2.70 bits per heavy atom. The number of nitro groups is 1. The van der Waals surface area contributed by atoms with Crippen LogP contribution in [0.1, 0.15) is 0 Å². The number of pyridine rings is 1. The molecule has 0 saturated carbocycles. The van der Waals surface area contributed by atoms with Gasteiger partial charge in [0.2, 0.25) is 0 Å². The van der Waals surface area contributed by atoms with E-state index >= 15 is 0 Å². The summed E-state index contributed by atoms with van der Waals surface area (Å²) in [7, 11) is -2.38. The molecule has 0 aliphatic heterocycles. The molecular weight excluding hydrogens is 304 g/mol. The smallest absolute Gasteiger partial charge is 0.304 e. The Morgan fingerprint density at radius 1 is 1.45 bits per heavy atom. The number of anilines is 2. The molecule has 0 fully saturated rings. The lowest BCUT2D eigenvalue weighted by atomic mass is 10.4. The summed E-state index contributed by atoms with van der Waals surface area (Å²) in [6.45, 7) is 0. The maximum Gasteiger partial charge on any atom is 0.304 e. The fourth-order valence-corrected chi connectivity index (χ4v) is 3.76. The summed E-state index contributed by atoms with van der Waals surface area (Å²) in [5, 5.41) is 13.6. The summed E-state index contributed by atoms with van der Waals surface area (Å²) in [4.78, 5) is 14.0. The second kappa shape index (κ2) is 5.43. The van der Waals surface area contributed by atoms with Crippen molar-refractivity contribution in [3.8, 4) is 0 Å². The van der Waals surface area contributed by atoms with Gasteiger partial charge in [-0.05, 0) is 12.1 Å². The second-order valence-electron chi connectivity index (χ2n) is 3.63. The van der Waals surface area contributed by atoms with Crippen LogP contribution in [-0.2, 0) is 10.0 Å². The van der Waals surface area contributed by atoms with Gasteiger partial charge < -0.3 is 5.32 Å². The molecule has 0 saturated heterocycles. The Labute approximate surface area is 118 Å². The van der Waals surface area contributed by atoms with Crippen LogP contribution < -0.4 is 10.0 Å². The van der Waals surface area contributed by atoms with Crippen LogP contribution in [0.15, 0.2) is 34.8 Å². The number of nitrogens with one attached hydrogen (secondary N) is 2. The van der Waals surface area contributed by atoms with Crippen molar-refractivity contribution in [1.82, 2.24) is 4.98 Å². The Hall–Kier alpha value is -2.20. The number of hydrogen-bond acceptors (Lipinski definition) is 7. The molecule has 2 aromatic heterocycles. The van der Waals surface area contributed by atoms with Gasteiger partial charge in [-0.3, -0.25) is 19.8 Å². The average molecular weight is 314 g/mol. The molecule has 0 bridgehead atoms. The van der Waals surface area contributed by atoms with Crippen molar-refractivity contribution in [2.45, 2.75) is 4.21 Å². The number of nitrogens with zero attached hydrogens (tertiary/aromatic N) is 2. The fraction of sp³-hybridized carbons (Fsp3) is 0.100. The Kier molecular flexibility index (Phi) is 3.86. The molecule has 2 heterocycles. The van der Waals surface area contributed by atoms with E-state index in [1.165, 1.54) is 25.5 Å². The van der Waals surface area contributed by atoms with Gasteiger partial charge in [0.25, 0.3) is 10.0 Å². The highest BCUT2D eigenvalue weighted by atomic mass is 32.2. The molecule has 20 heavy (non-hydrogen) atoms. The third-order valence-electron chi connectivity index (χ3n) is 2.29. The molecule has 0 atom stereocenters.